The number of halogens is 7. The number of rotatable bonds is 0. The summed E-state index contributed by atoms with van der Waals surface area (Å²) < 4.78 is 0. The number of hydrogen-bond donors (Lipinski definition) is 0. The van der Waals surface area contributed by atoms with Crippen LogP contribution < -0.4 is 86.8 Å². The Balaban J connectivity index is 0. The smallest absolute Gasteiger partial charge is 1.00 e. The van der Waals surface area contributed by atoms with Crippen LogP contribution in [0.3, 0.4) is 0 Å². The molecular formula is Cl7Tc. The van der Waals surface area contributed by atoms with Gasteiger partial charge in [-0.3, -0.25) is 0 Å². The van der Waals surface area contributed by atoms with Crippen molar-refractivity contribution in [2.45, 2.75) is 0 Å². The second-order valence-corrected chi connectivity index (χ2v) is 0. The first kappa shape index (κ1) is 139. The Morgan fingerprint density at radius 2 is 0.250 bits per heavy atom. The molecule has 0 rings (SSSR count). The average molecular weight is 346 g/mol. The van der Waals surface area contributed by atoms with Gasteiger partial charge < -0.3 is 86.8 Å². The normalized spacial score (nSPS) is 0. The van der Waals surface area contributed by atoms with E-state index in [1.54, 1.807) is 0 Å². The largest absolute Gasteiger partial charge is 7.00 e. The molecule has 8 heteroatoms. The van der Waals surface area contributed by atoms with E-state index in [0.717, 1.165) is 0 Å². The fraction of sp³-hybridized carbons (Fsp3) is 0. The molecule has 0 heterocycles. The Morgan fingerprint density at radius 1 is 0.250 bits per heavy atom. The second kappa shape index (κ2) is 102. The van der Waals surface area contributed by atoms with Gasteiger partial charge in [-0.25, -0.2) is 0 Å². The molecule has 0 aliphatic rings. The summed E-state index contributed by atoms with van der Waals surface area (Å²) in [5.41, 5.74) is 0. The van der Waals surface area contributed by atoms with Gasteiger partial charge in [0.1, 0.15) is 0 Å². The van der Waals surface area contributed by atoms with E-state index in [0.29, 0.717) is 0 Å². The summed E-state index contributed by atoms with van der Waals surface area (Å²) in [4.78, 5) is 0. The van der Waals surface area contributed by atoms with E-state index in [1.807, 2.05) is 0 Å². The molecule has 0 saturated heterocycles. The fourth-order valence-corrected chi connectivity index (χ4v) is 0. The third-order valence-electron chi connectivity index (χ3n) is 0. The van der Waals surface area contributed by atoms with E-state index in [4.69, 9.17) is 0 Å². The van der Waals surface area contributed by atoms with Crippen LogP contribution in [0.1, 0.15) is 0 Å². The van der Waals surface area contributed by atoms with Gasteiger partial charge in [-0.05, 0) is 0 Å². The van der Waals surface area contributed by atoms with Gasteiger partial charge in [-0.2, -0.15) is 0 Å². The molecule has 56 valence electrons. The summed E-state index contributed by atoms with van der Waals surface area (Å²) in [5, 5.41) is 0. The molecule has 0 saturated carbocycles. The molecule has 0 N–H and O–H groups in total. The van der Waals surface area contributed by atoms with Crippen molar-refractivity contribution >= 4 is 0 Å². The monoisotopic (exact) mass is 342 g/mol. The molecule has 0 fully saturated rings. The molecule has 0 aromatic carbocycles. The summed E-state index contributed by atoms with van der Waals surface area (Å²) in [7, 11) is 0. The molecule has 0 radical (unpaired) electrons. The van der Waals surface area contributed by atoms with Crippen LogP contribution in [0.2, 0.25) is 0 Å². The van der Waals surface area contributed by atoms with Crippen LogP contribution in [0.5, 0.6) is 0 Å². The van der Waals surface area contributed by atoms with E-state index < -0.39 is 0 Å². The van der Waals surface area contributed by atoms with Crippen LogP contribution in [0.25, 0.3) is 0 Å². The maximum absolute atomic E-state index is 0. The van der Waals surface area contributed by atoms with E-state index in [1.165, 1.54) is 0 Å². The molecule has 0 amide bonds. The predicted molar refractivity (Wildman–Crippen MR) is 0 cm³/mol. The maximum atomic E-state index is 0. The maximum Gasteiger partial charge on any atom is 7.00 e. The first-order valence-electron chi connectivity index (χ1n) is 0. The Hall–Kier alpha value is 2.68. The molecule has 0 aromatic rings. The SMILES string of the molecule is [Cl-].[Cl-].[Cl-].[Cl-].[Cl-].[Cl-].[Cl-].[Tc+7]. The van der Waals surface area contributed by atoms with Crippen molar-refractivity contribution in [1.29, 1.82) is 0 Å². The first-order chi connectivity index (χ1) is 0. The van der Waals surface area contributed by atoms with Gasteiger partial charge in [0.15, 0.2) is 0 Å². The molecule has 0 nitrogen and oxygen atoms in total. The fourth-order valence-electron chi connectivity index (χ4n) is 0. The summed E-state index contributed by atoms with van der Waals surface area (Å²) in [5.74, 6) is 0. The molecule has 0 bridgehead atoms. The molecule has 0 aliphatic heterocycles. The van der Waals surface area contributed by atoms with Crippen molar-refractivity contribution < 1.29 is 107 Å². The van der Waals surface area contributed by atoms with Crippen LogP contribution in [0.4, 0.5) is 0 Å². The van der Waals surface area contributed by atoms with E-state index >= 15 is 0 Å². The third kappa shape index (κ3) is 71.3. The summed E-state index contributed by atoms with van der Waals surface area (Å²) in [6, 6.07) is 0. The molecule has 0 aromatic heterocycles. The summed E-state index contributed by atoms with van der Waals surface area (Å²) in [6.07, 6.45) is 0. The van der Waals surface area contributed by atoms with Crippen LogP contribution in [0.15, 0.2) is 0 Å². The Morgan fingerprint density at radius 3 is 0.250 bits per heavy atom. The van der Waals surface area contributed by atoms with Crippen molar-refractivity contribution in [2.24, 2.45) is 0 Å². The molecule has 0 unspecified atom stereocenters. The van der Waals surface area contributed by atoms with Gasteiger partial charge in [-0.1, -0.05) is 0 Å². The van der Waals surface area contributed by atoms with Crippen molar-refractivity contribution in [3.05, 3.63) is 0 Å². The standard InChI is InChI=1S/7ClH.Tc/h7*1H;/q;;;;;;;+7/p-7. The molecular weight excluding hydrogens is 346 g/mol. The van der Waals surface area contributed by atoms with Crippen molar-refractivity contribution in [1.82, 2.24) is 0 Å². The van der Waals surface area contributed by atoms with Gasteiger partial charge >= 0.3 is 20.1 Å². The summed E-state index contributed by atoms with van der Waals surface area (Å²) in [6.45, 7) is 0. The molecule has 0 spiro atoms. The second-order valence-electron chi connectivity index (χ2n) is 0. The van der Waals surface area contributed by atoms with Crippen LogP contribution in [0, 0.1) is 0 Å². The summed E-state index contributed by atoms with van der Waals surface area (Å²) >= 11 is 0. The van der Waals surface area contributed by atoms with Gasteiger partial charge in [0.05, 0.1) is 0 Å². The molecule has 0 aliphatic carbocycles. The van der Waals surface area contributed by atoms with E-state index in [2.05, 4.69) is 0 Å². The van der Waals surface area contributed by atoms with Gasteiger partial charge in [0.25, 0.3) is 0 Å². The van der Waals surface area contributed by atoms with Crippen LogP contribution >= 0.6 is 0 Å². The van der Waals surface area contributed by atoms with Crippen molar-refractivity contribution in [3.8, 4) is 0 Å². The Labute approximate surface area is 106 Å². The minimum atomic E-state index is 0. The zero-order valence-corrected chi connectivity index (χ0v) is 10.2. The zero-order valence-electron chi connectivity index (χ0n) is 3.02. The third-order valence-corrected chi connectivity index (χ3v) is 0. The van der Waals surface area contributed by atoms with Crippen molar-refractivity contribution in [2.75, 3.05) is 0 Å². The predicted octanol–water partition coefficient (Wildman–Crippen LogP) is -21.0. The minimum absolute atomic E-state index is 0. The average Bonchev–Trinajstić information content (AvgIpc) is 0. The molecule has 0 atom stereocenters. The Bertz CT molecular complexity index is 4.35. The van der Waals surface area contributed by atoms with E-state index in [9.17, 15) is 0 Å². The topological polar surface area (TPSA) is 0 Å². The van der Waals surface area contributed by atoms with Crippen molar-refractivity contribution in [3.63, 3.8) is 0 Å². The van der Waals surface area contributed by atoms with Gasteiger partial charge in [-0.15, -0.1) is 0 Å². The van der Waals surface area contributed by atoms with Gasteiger partial charge in [0, 0.05) is 0 Å². The quantitative estimate of drug-likeness (QED) is 0.409. The van der Waals surface area contributed by atoms with Gasteiger partial charge in [0.2, 0.25) is 0 Å². The Kier molecular flexibility index (Phi) is 1770. The van der Waals surface area contributed by atoms with Crippen LogP contribution in [-0.2, 0) is 20.1 Å². The zero-order chi connectivity index (χ0) is 0. The van der Waals surface area contributed by atoms with Crippen LogP contribution in [-0.4, -0.2) is 0 Å². The van der Waals surface area contributed by atoms with E-state index in [-0.39, 0.29) is 107 Å². The first-order valence-corrected chi connectivity index (χ1v) is 0. The number of hydrogen-bond acceptors (Lipinski definition) is 0. The minimum Gasteiger partial charge on any atom is -1.00 e. The molecule has 8 heavy (non-hydrogen) atoms.